The molecule has 2 unspecified atom stereocenters. The number of benzene rings is 1. The van der Waals surface area contributed by atoms with E-state index in [2.05, 4.69) is 67.5 Å². The van der Waals surface area contributed by atoms with Crippen molar-refractivity contribution in [2.75, 3.05) is 39.4 Å². The van der Waals surface area contributed by atoms with Gasteiger partial charge in [0.2, 0.25) is 0 Å². The molecule has 2 amide bonds. The maximum Gasteiger partial charge on any atom is 0.314 e. The van der Waals surface area contributed by atoms with Gasteiger partial charge in [-0.3, -0.25) is 4.90 Å². The summed E-state index contributed by atoms with van der Waals surface area (Å²) in [7, 11) is 0. The zero-order chi connectivity index (χ0) is 20.9. The number of urea groups is 1. The molecule has 0 saturated carbocycles. The SMILES string of the molecule is CC1CN(C(C)(C)CNC(=O)NCC2(c3ccccc3)CCOCC2)CC(C)O1. The van der Waals surface area contributed by atoms with E-state index in [-0.39, 0.29) is 29.2 Å². The van der Waals surface area contributed by atoms with Crippen molar-refractivity contribution in [2.45, 2.75) is 63.7 Å². The number of hydrogen-bond acceptors (Lipinski definition) is 4. The largest absolute Gasteiger partial charge is 0.381 e. The molecule has 0 spiro atoms. The third kappa shape index (κ3) is 5.71. The van der Waals surface area contributed by atoms with Gasteiger partial charge in [-0.25, -0.2) is 4.79 Å². The highest BCUT2D eigenvalue weighted by Gasteiger charge is 2.36. The third-order valence-electron chi connectivity index (χ3n) is 6.38. The zero-order valence-electron chi connectivity index (χ0n) is 18.4. The Hall–Kier alpha value is -1.63. The van der Waals surface area contributed by atoms with Crippen LogP contribution in [-0.4, -0.2) is 68.1 Å². The van der Waals surface area contributed by atoms with E-state index in [1.54, 1.807) is 0 Å². The molecule has 2 N–H and O–H groups in total. The lowest BCUT2D eigenvalue weighted by atomic mass is 9.74. The first-order valence-corrected chi connectivity index (χ1v) is 10.9. The minimum absolute atomic E-state index is 0.0541. The van der Waals surface area contributed by atoms with Crippen LogP contribution in [0.1, 0.15) is 46.1 Å². The molecule has 2 fully saturated rings. The Balaban J connectivity index is 1.54. The molecule has 2 aliphatic heterocycles. The van der Waals surface area contributed by atoms with Gasteiger partial charge in [0, 0.05) is 50.3 Å². The van der Waals surface area contributed by atoms with Crippen LogP contribution in [0.3, 0.4) is 0 Å². The summed E-state index contributed by atoms with van der Waals surface area (Å²) in [4.78, 5) is 15.0. The fourth-order valence-corrected chi connectivity index (χ4v) is 4.51. The second kappa shape index (κ2) is 9.45. The Morgan fingerprint density at radius 1 is 1.10 bits per heavy atom. The van der Waals surface area contributed by atoms with E-state index >= 15 is 0 Å². The first kappa shape index (κ1) is 22.1. The standard InChI is InChI=1S/C23H37N3O3/c1-18-14-26(15-19(2)29-18)22(3,4)16-24-21(27)25-17-23(10-12-28-13-11-23)20-8-6-5-7-9-20/h5-9,18-19H,10-17H2,1-4H3,(H2,24,25,27). The maximum absolute atomic E-state index is 12.6. The van der Waals surface area contributed by atoms with Crippen LogP contribution in [-0.2, 0) is 14.9 Å². The lowest BCUT2D eigenvalue weighted by Gasteiger charge is -2.45. The van der Waals surface area contributed by atoms with Gasteiger partial charge in [0.05, 0.1) is 12.2 Å². The van der Waals surface area contributed by atoms with Gasteiger partial charge in [0.1, 0.15) is 0 Å². The lowest BCUT2D eigenvalue weighted by molar-refractivity contribution is -0.0947. The van der Waals surface area contributed by atoms with Crippen molar-refractivity contribution in [1.82, 2.24) is 15.5 Å². The Morgan fingerprint density at radius 2 is 1.72 bits per heavy atom. The highest BCUT2D eigenvalue weighted by atomic mass is 16.5. The van der Waals surface area contributed by atoms with Gasteiger partial charge in [-0.05, 0) is 46.1 Å². The van der Waals surface area contributed by atoms with Gasteiger partial charge in [-0.15, -0.1) is 0 Å². The molecule has 29 heavy (non-hydrogen) atoms. The highest BCUT2D eigenvalue weighted by Crippen LogP contribution is 2.34. The molecule has 2 heterocycles. The lowest BCUT2D eigenvalue weighted by Crippen LogP contribution is -2.59. The predicted molar refractivity (Wildman–Crippen MR) is 115 cm³/mol. The number of carbonyl (C=O) groups excluding carboxylic acids is 1. The Bertz CT molecular complexity index is 649. The number of amides is 2. The van der Waals surface area contributed by atoms with Crippen LogP contribution in [0.2, 0.25) is 0 Å². The van der Waals surface area contributed by atoms with E-state index in [1.807, 2.05) is 6.07 Å². The number of rotatable bonds is 6. The molecule has 0 aromatic heterocycles. The van der Waals surface area contributed by atoms with Gasteiger partial charge in [0.15, 0.2) is 0 Å². The predicted octanol–water partition coefficient (Wildman–Crippen LogP) is 2.92. The Labute approximate surface area is 175 Å². The molecule has 3 rings (SSSR count). The van der Waals surface area contributed by atoms with E-state index in [9.17, 15) is 4.79 Å². The molecular formula is C23H37N3O3. The van der Waals surface area contributed by atoms with Crippen LogP contribution >= 0.6 is 0 Å². The summed E-state index contributed by atoms with van der Waals surface area (Å²) in [5.41, 5.74) is 1.10. The normalized spacial score (nSPS) is 25.4. The quantitative estimate of drug-likeness (QED) is 0.767. The van der Waals surface area contributed by atoms with Crippen molar-refractivity contribution < 1.29 is 14.3 Å². The van der Waals surface area contributed by atoms with Crippen molar-refractivity contribution in [3.8, 4) is 0 Å². The van der Waals surface area contributed by atoms with E-state index in [0.717, 1.165) is 39.1 Å². The van der Waals surface area contributed by atoms with Crippen molar-refractivity contribution in [3.63, 3.8) is 0 Å². The van der Waals surface area contributed by atoms with E-state index in [4.69, 9.17) is 9.47 Å². The fourth-order valence-electron chi connectivity index (χ4n) is 4.51. The maximum atomic E-state index is 12.6. The summed E-state index contributed by atoms with van der Waals surface area (Å²) in [6, 6.07) is 10.4. The summed E-state index contributed by atoms with van der Waals surface area (Å²) >= 11 is 0. The summed E-state index contributed by atoms with van der Waals surface area (Å²) < 4.78 is 11.4. The second-order valence-corrected chi connectivity index (χ2v) is 9.27. The van der Waals surface area contributed by atoms with Crippen LogP contribution < -0.4 is 10.6 Å². The summed E-state index contributed by atoms with van der Waals surface area (Å²) in [5, 5.41) is 6.23. The Kier molecular flexibility index (Phi) is 7.19. The van der Waals surface area contributed by atoms with Crippen LogP contribution in [0.25, 0.3) is 0 Å². The summed E-state index contributed by atoms with van der Waals surface area (Å²) in [5.74, 6) is 0. The Morgan fingerprint density at radius 3 is 2.34 bits per heavy atom. The molecule has 1 aromatic rings. The van der Waals surface area contributed by atoms with Crippen LogP contribution in [0.5, 0.6) is 0 Å². The van der Waals surface area contributed by atoms with Crippen LogP contribution in [0, 0.1) is 0 Å². The molecule has 6 nitrogen and oxygen atoms in total. The second-order valence-electron chi connectivity index (χ2n) is 9.27. The first-order chi connectivity index (χ1) is 13.8. The smallest absolute Gasteiger partial charge is 0.314 e. The van der Waals surface area contributed by atoms with Gasteiger partial charge >= 0.3 is 6.03 Å². The summed E-state index contributed by atoms with van der Waals surface area (Å²) in [6.07, 6.45) is 2.27. The number of carbonyl (C=O) groups is 1. The first-order valence-electron chi connectivity index (χ1n) is 10.9. The molecule has 0 radical (unpaired) electrons. The number of hydrogen-bond donors (Lipinski definition) is 2. The highest BCUT2D eigenvalue weighted by molar-refractivity contribution is 5.74. The van der Waals surface area contributed by atoms with Crippen molar-refractivity contribution in [1.29, 1.82) is 0 Å². The minimum Gasteiger partial charge on any atom is -0.381 e. The fraction of sp³-hybridized carbons (Fsp3) is 0.696. The molecule has 0 aliphatic carbocycles. The minimum atomic E-state index is -0.126. The van der Waals surface area contributed by atoms with Gasteiger partial charge in [-0.1, -0.05) is 30.3 Å². The van der Waals surface area contributed by atoms with E-state index < -0.39 is 0 Å². The molecule has 0 bridgehead atoms. The van der Waals surface area contributed by atoms with Crippen molar-refractivity contribution >= 4 is 6.03 Å². The van der Waals surface area contributed by atoms with Crippen molar-refractivity contribution in [2.24, 2.45) is 0 Å². The molecule has 6 heteroatoms. The van der Waals surface area contributed by atoms with Gasteiger partial charge in [0.25, 0.3) is 0 Å². The van der Waals surface area contributed by atoms with Gasteiger partial charge < -0.3 is 20.1 Å². The van der Waals surface area contributed by atoms with Crippen molar-refractivity contribution in [3.05, 3.63) is 35.9 Å². The topological polar surface area (TPSA) is 62.8 Å². The zero-order valence-corrected chi connectivity index (χ0v) is 18.4. The molecule has 2 aliphatic rings. The van der Waals surface area contributed by atoms with Crippen LogP contribution in [0.15, 0.2) is 30.3 Å². The number of ether oxygens (including phenoxy) is 2. The monoisotopic (exact) mass is 403 g/mol. The van der Waals surface area contributed by atoms with Crippen LogP contribution in [0.4, 0.5) is 4.79 Å². The number of nitrogens with zero attached hydrogens (tertiary/aromatic N) is 1. The number of nitrogens with one attached hydrogen (secondary N) is 2. The molecule has 1 aromatic carbocycles. The van der Waals surface area contributed by atoms with E-state index in [1.165, 1.54) is 5.56 Å². The third-order valence-corrected chi connectivity index (χ3v) is 6.38. The summed E-state index contributed by atoms with van der Waals surface area (Å²) in [6.45, 7) is 13.0. The average molecular weight is 404 g/mol. The number of morpholine rings is 1. The molecule has 2 saturated heterocycles. The molecule has 2 atom stereocenters. The van der Waals surface area contributed by atoms with Gasteiger partial charge in [-0.2, -0.15) is 0 Å². The average Bonchev–Trinajstić information content (AvgIpc) is 2.71. The van der Waals surface area contributed by atoms with E-state index in [0.29, 0.717) is 13.1 Å². The molecule has 162 valence electrons. The molecular weight excluding hydrogens is 366 g/mol.